The van der Waals surface area contributed by atoms with E-state index in [1.807, 2.05) is 13.0 Å². The highest BCUT2D eigenvalue weighted by molar-refractivity contribution is 5.41. The molecule has 2 aromatic carbocycles. The first-order valence-electron chi connectivity index (χ1n) is 7.05. The van der Waals surface area contributed by atoms with Gasteiger partial charge in [0.15, 0.2) is 0 Å². The highest BCUT2D eigenvalue weighted by Gasteiger charge is 2.07. The molecule has 4 heteroatoms. The lowest BCUT2D eigenvalue weighted by molar-refractivity contribution is 0.333. The van der Waals surface area contributed by atoms with Crippen LogP contribution in [0.1, 0.15) is 24.5 Å². The van der Waals surface area contributed by atoms with Crippen LogP contribution in [0.15, 0.2) is 36.4 Å². The molecule has 0 radical (unpaired) electrons. The van der Waals surface area contributed by atoms with Crippen molar-refractivity contribution in [3.8, 4) is 23.0 Å². The monoisotopic (exact) mass is 288 g/mol. The fourth-order valence-electron chi connectivity index (χ4n) is 2.27. The summed E-state index contributed by atoms with van der Waals surface area (Å²) in [5, 5.41) is 28.5. The van der Waals surface area contributed by atoms with Crippen molar-refractivity contribution in [3.05, 3.63) is 47.5 Å². The average Bonchev–Trinajstić information content (AvgIpc) is 2.44. The lowest BCUT2D eigenvalue weighted by Crippen LogP contribution is -1.98. The number of hydrogen-bond acceptors (Lipinski definition) is 4. The first-order chi connectivity index (χ1) is 10.1. The largest absolute Gasteiger partial charge is 0.508 e. The lowest BCUT2D eigenvalue weighted by Gasteiger charge is -2.11. The van der Waals surface area contributed by atoms with Gasteiger partial charge in [-0.1, -0.05) is 12.1 Å². The molecule has 112 valence electrons. The van der Waals surface area contributed by atoms with Crippen molar-refractivity contribution in [3.63, 3.8) is 0 Å². The maximum atomic E-state index is 9.75. The summed E-state index contributed by atoms with van der Waals surface area (Å²) in [7, 11) is 0. The van der Waals surface area contributed by atoms with E-state index >= 15 is 0 Å². The normalized spacial score (nSPS) is 10.5. The van der Waals surface area contributed by atoms with Gasteiger partial charge in [-0.05, 0) is 49.4 Å². The Morgan fingerprint density at radius 1 is 0.857 bits per heavy atom. The zero-order valence-electron chi connectivity index (χ0n) is 12.0. The van der Waals surface area contributed by atoms with E-state index in [-0.39, 0.29) is 17.2 Å². The Kier molecular flexibility index (Phi) is 4.93. The summed E-state index contributed by atoms with van der Waals surface area (Å²) >= 11 is 0. The summed E-state index contributed by atoms with van der Waals surface area (Å²) in [6.45, 7) is 2.46. The molecule has 4 nitrogen and oxygen atoms in total. The molecule has 0 aliphatic rings. The molecule has 21 heavy (non-hydrogen) atoms. The van der Waals surface area contributed by atoms with Crippen LogP contribution in [0.3, 0.4) is 0 Å². The molecule has 2 aromatic rings. The smallest absolute Gasteiger partial charge is 0.126 e. The Morgan fingerprint density at radius 3 is 2.14 bits per heavy atom. The summed E-state index contributed by atoms with van der Waals surface area (Å²) in [6, 6.07) is 9.78. The summed E-state index contributed by atoms with van der Waals surface area (Å²) in [4.78, 5) is 0. The number of phenolic OH excluding ortho intramolecular Hbond substituents is 3. The number of rotatable bonds is 6. The van der Waals surface area contributed by atoms with Gasteiger partial charge in [0, 0.05) is 12.1 Å². The van der Waals surface area contributed by atoms with Crippen LogP contribution < -0.4 is 4.74 Å². The highest BCUT2D eigenvalue weighted by atomic mass is 16.5. The van der Waals surface area contributed by atoms with E-state index in [9.17, 15) is 15.3 Å². The third kappa shape index (κ3) is 4.05. The minimum atomic E-state index is 0.0633. The summed E-state index contributed by atoms with van der Waals surface area (Å²) in [5.41, 5.74) is 1.84. The third-order valence-electron chi connectivity index (χ3n) is 3.31. The molecule has 0 aliphatic carbocycles. The molecule has 0 unspecified atom stereocenters. The van der Waals surface area contributed by atoms with Gasteiger partial charge in [0.05, 0.1) is 6.61 Å². The topological polar surface area (TPSA) is 69.9 Å². The second-order valence-corrected chi connectivity index (χ2v) is 4.89. The Bertz CT molecular complexity index is 608. The van der Waals surface area contributed by atoms with E-state index in [1.165, 1.54) is 6.07 Å². The zero-order valence-corrected chi connectivity index (χ0v) is 12.0. The molecular formula is C17H20O4. The molecule has 0 spiro atoms. The van der Waals surface area contributed by atoms with Crippen LogP contribution in [-0.2, 0) is 12.8 Å². The van der Waals surface area contributed by atoms with Gasteiger partial charge >= 0.3 is 0 Å². The van der Waals surface area contributed by atoms with Crippen LogP contribution in [0, 0.1) is 0 Å². The van der Waals surface area contributed by atoms with Crippen LogP contribution in [0.2, 0.25) is 0 Å². The van der Waals surface area contributed by atoms with Crippen LogP contribution in [-0.4, -0.2) is 21.9 Å². The molecule has 3 N–H and O–H groups in total. The maximum absolute atomic E-state index is 9.75. The SMILES string of the molecule is CCOc1cc(O)ccc1CCCc1ccc(O)cc1O. The van der Waals surface area contributed by atoms with Crippen molar-refractivity contribution < 1.29 is 20.1 Å². The van der Waals surface area contributed by atoms with Gasteiger partial charge < -0.3 is 20.1 Å². The molecule has 0 bridgehead atoms. The number of hydrogen-bond donors (Lipinski definition) is 3. The molecule has 0 amide bonds. The number of benzene rings is 2. The van der Waals surface area contributed by atoms with Crippen molar-refractivity contribution in [1.82, 2.24) is 0 Å². The van der Waals surface area contributed by atoms with Gasteiger partial charge in [-0.25, -0.2) is 0 Å². The van der Waals surface area contributed by atoms with Crippen molar-refractivity contribution in [2.24, 2.45) is 0 Å². The summed E-state index contributed by atoms with van der Waals surface area (Å²) in [5.74, 6) is 1.07. The predicted molar refractivity (Wildman–Crippen MR) is 81.1 cm³/mol. The van der Waals surface area contributed by atoms with Gasteiger partial charge in [0.2, 0.25) is 0 Å². The number of aryl methyl sites for hydroxylation is 2. The number of phenols is 3. The molecule has 0 fully saturated rings. The first kappa shape index (κ1) is 15.0. The molecule has 0 aromatic heterocycles. The van der Waals surface area contributed by atoms with E-state index in [4.69, 9.17) is 4.74 Å². The standard InChI is InChI=1S/C17H20O4/c1-2-21-17-11-15(19)9-7-13(17)5-3-4-12-6-8-14(18)10-16(12)20/h6-11,18-20H,2-5H2,1H3. The van der Waals surface area contributed by atoms with E-state index in [0.29, 0.717) is 18.8 Å². The zero-order chi connectivity index (χ0) is 15.2. The molecular weight excluding hydrogens is 268 g/mol. The number of ether oxygens (including phenoxy) is 1. The lowest BCUT2D eigenvalue weighted by atomic mass is 10.0. The average molecular weight is 288 g/mol. The Hall–Kier alpha value is -2.36. The minimum absolute atomic E-state index is 0.0633. The van der Waals surface area contributed by atoms with Gasteiger partial charge in [-0.2, -0.15) is 0 Å². The Balaban J connectivity index is 2.00. The van der Waals surface area contributed by atoms with Gasteiger partial charge in [0.25, 0.3) is 0 Å². The fraction of sp³-hybridized carbons (Fsp3) is 0.294. The maximum Gasteiger partial charge on any atom is 0.126 e. The van der Waals surface area contributed by atoms with Crippen LogP contribution >= 0.6 is 0 Å². The van der Waals surface area contributed by atoms with E-state index < -0.39 is 0 Å². The van der Waals surface area contributed by atoms with Crippen molar-refractivity contribution in [2.45, 2.75) is 26.2 Å². The van der Waals surface area contributed by atoms with Crippen LogP contribution in [0.25, 0.3) is 0 Å². The molecule has 0 aliphatic heterocycles. The summed E-state index contributed by atoms with van der Waals surface area (Å²) < 4.78 is 5.52. The quantitative estimate of drug-likeness (QED) is 0.762. The van der Waals surface area contributed by atoms with E-state index in [2.05, 4.69) is 0 Å². The van der Waals surface area contributed by atoms with Crippen LogP contribution in [0.5, 0.6) is 23.0 Å². The van der Waals surface area contributed by atoms with Crippen LogP contribution in [0.4, 0.5) is 0 Å². The van der Waals surface area contributed by atoms with E-state index in [1.54, 1.807) is 24.3 Å². The second kappa shape index (κ2) is 6.88. The predicted octanol–water partition coefficient (Wildman–Crippen LogP) is 3.38. The molecule has 2 rings (SSSR count). The molecule has 0 saturated carbocycles. The van der Waals surface area contributed by atoms with Crippen molar-refractivity contribution >= 4 is 0 Å². The molecule has 0 saturated heterocycles. The van der Waals surface area contributed by atoms with Gasteiger partial charge in [-0.3, -0.25) is 0 Å². The van der Waals surface area contributed by atoms with E-state index in [0.717, 1.165) is 24.0 Å². The second-order valence-electron chi connectivity index (χ2n) is 4.89. The van der Waals surface area contributed by atoms with Crippen molar-refractivity contribution in [1.29, 1.82) is 0 Å². The van der Waals surface area contributed by atoms with Gasteiger partial charge in [0.1, 0.15) is 23.0 Å². The summed E-state index contributed by atoms with van der Waals surface area (Å²) in [6.07, 6.45) is 2.33. The first-order valence-corrected chi connectivity index (χ1v) is 7.05. The Labute approximate surface area is 124 Å². The third-order valence-corrected chi connectivity index (χ3v) is 3.31. The van der Waals surface area contributed by atoms with Gasteiger partial charge in [-0.15, -0.1) is 0 Å². The van der Waals surface area contributed by atoms with Crippen molar-refractivity contribution in [2.75, 3.05) is 6.61 Å². The number of aromatic hydroxyl groups is 3. The minimum Gasteiger partial charge on any atom is -0.508 e. The Morgan fingerprint density at radius 2 is 1.48 bits per heavy atom. The molecule has 0 atom stereocenters. The highest BCUT2D eigenvalue weighted by Crippen LogP contribution is 2.27. The molecule has 0 heterocycles. The fourth-order valence-corrected chi connectivity index (χ4v) is 2.27.